The number of halogens is 1. The minimum absolute atomic E-state index is 0.00723. The van der Waals surface area contributed by atoms with Crippen LogP contribution in [-0.2, 0) is 26.1 Å². The van der Waals surface area contributed by atoms with Gasteiger partial charge in [0.05, 0.1) is 17.6 Å². The van der Waals surface area contributed by atoms with Crippen LogP contribution in [0.25, 0.3) is 0 Å². The van der Waals surface area contributed by atoms with Crippen LogP contribution in [0.5, 0.6) is 5.75 Å². The quantitative estimate of drug-likeness (QED) is 0.690. The average Bonchev–Trinajstić information content (AvgIpc) is 2.86. The lowest BCUT2D eigenvalue weighted by molar-refractivity contribution is -0.133. The van der Waals surface area contributed by atoms with Crippen LogP contribution >= 0.6 is 11.6 Å². The van der Waals surface area contributed by atoms with E-state index in [0.29, 0.717) is 10.8 Å². The molecule has 8 nitrogen and oxygen atoms in total. The Hall–Kier alpha value is -2.62. The van der Waals surface area contributed by atoms with E-state index in [2.05, 4.69) is 9.46 Å². The summed E-state index contributed by atoms with van der Waals surface area (Å²) in [5.41, 5.74) is 1.00. The normalized spacial score (nSPS) is 14.0. The highest BCUT2D eigenvalue weighted by Gasteiger charge is 2.22. The smallest absolute Gasteiger partial charge is 0.337 e. The highest BCUT2D eigenvalue weighted by molar-refractivity contribution is 7.89. The second-order valence-corrected chi connectivity index (χ2v) is 8.47. The molecule has 1 amide bonds. The third-order valence-corrected chi connectivity index (χ3v) is 6.06. The van der Waals surface area contributed by atoms with Gasteiger partial charge in [-0.1, -0.05) is 11.6 Å². The first-order valence-corrected chi connectivity index (χ1v) is 10.5. The van der Waals surface area contributed by atoms with Gasteiger partial charge in [0.25, 0.3) is 5.91 Å². The lowest BCUT2D eigenvalue weighted by Crippen LogP contribution is -2.39. The fraction of sp³-hybridized carbons (Fsp3) is 0.263. The Morgan fingerprint density at radius 3 is 2.66 bits per heavy atom. The Kier molecular flexibility index (Phi) is 6.41. The Morgan fingerprint density at radius 1 is 1.24 bits per heavy atom. The molecule has 10 heteroatoms. The lowest BCUT2D eigenvalue weighted by Gasteiger charge is -2.20. The zero-order valence-corrected chi connectivity index (χ0v) is 17.1. The van der Waals surface area contributed by atoms with Crippen LogP contribution in [0.2, 0.25) is 5.02 Å². The number of sulfonamides is 1. The SMILES string of the molecule is COC(=O)c1ccc(S(=O)(=O)NCCN2Cc3cc(Cl)ccc3OCC2=O)cc1. The molecule has 0 saturated heterocycles. The maximum Gasteiger partial charge on any atom is 0.337 e. The van der Waals surface area contributed by atoms with E-state index < -0.39 is 16.0 Å². The third kappa shape index (κ3) is 5.06. The molecular formula is C19H19ClN2O6S. The molecule has 1 aliphatic rings. The van der Waals surface area contributed by atoms with Crippen molar-refractivity contribution in [3.05, 3.63) is 58.6 Å². The maximum absolute atomic E-state index is 12.4. The summed E-state index contributed by atoms with van der Waals surface area (Å²) in [7, 11) is -2.55. The Bertz CT molecular complexity index is 1020. The summed E-state index contributed by atoms with van der Waals surface area (Å²) in [6.07, 6.45) is 0. The van der Waals surface area contributed by atoms with Crippen LogP contribution in [0, 0.1) is 0 Å². The number of carbonyl (C=O) groups is 2. The van der Waals surface area contributed by atoms with Crippen molar-refractivity contribution < 1.29 is 27.5 Å². The molecule has 0 saturated carbocycles. The monoisotopic (exact) mass is 438 g/mol. The number of benzene rings is 2. The number of nitrogens with one attached hydrogen (secondary N) is 1. The predicted octanol–water partition coefficient (Wildman–Crippen LogP) is 1.83. The summed E-state index contributed by atoms with van der Waals surface area (Å²) in [4.78, 5) is 25.2. The van der Waals surface area contributed by atoms with Gasteiger partial charge in [-0.2, -0.15) is 0 Å². The van der Waals surface area contributed by atoms with Gasteiger partial charge in [-0.05, 0) is 42.5 Å². The van der Waals surface area contributed by atoms with Crippen LogP contribution in [0.3, 0.4) is 0 Å². The second-order valence-electron chi connectivity index (χ2n) is 6.27. The van der Waals surface area contributed by atoms with Crippen molar-refractivity contribution in [1.82, 2.24) is 9.62 Å². The summed E-state index contributed by atoms with van der Waals surface area (Å²) < 4.78 is 37.4. The van der Waals surface area contributed by atoms with Gasteiger partial charge in [-0.3, -0.25) is 4.79 Å². The fourth-order valence-electron chi connectivity index (χ4n) is 2.83. The maximum atomic E-state index is 12.4. The average molecular weight is 439 g/mol. The van der Waals surface area contributed by atoms with E-state index in [1.54, 1.807) is 18.2 Å². The highest BCUT2D eigenvalue weighted by Crippen LogP contribution is 2.26. The topological polar surface area (TPSA) is 102 Å². The largest absolute Gasteiger partial charge is 0.483 e. The number of amides is 1. The molecule has 0 aromatic heterocycles. The number of esters is 1. The summed E-state index contributed by atoms with van der Waals surface area (Å²) in [6, 6.07) is 10.5. The molecule has 0 aliphatic carbocycles. The molecule has 1 heterocycles. The minimum atomic E-state index is -3.80. The van der Waals surface area contributed by atoms with Gasteiger partial charge in [-0.25, -0.2) is 17.9 Å². The lowest BCUT2D eigenvalue weighted by atomic mass is 10.2. The first kappa shape index (κ1) is 21.1. The molecule has 2 aromatic carbocycles. The first-order valence-electron chi connectivity index (χ1n) is 8.67. The molecule has 0 spiro atoms. The van der Waals surface area contributed by atoms with Gasteiger partial charge < -0.3 is 14.4 Å². The summed E-state index contributed by atoms with van der Waals surface area (Å²) in [5.74, 6) is -0.223. The van der Waals surface area contributed by atoms with Gasteiger partial charge in [0.2, 0.25) is 10.0 Å². The van der Waals surface area contributed by atoms with Crippen molar-refractivity contribution in [3.63, 3.8) is 0 Å². The third-order valence-electron chi connectivity index (χ3n) is 4.35. The molecule has 0 atom stereocenters. The molecule has 154 valence electrons. The molecular weight excluding hydrogens is 420 g/mol. The van der Waals surface area contributed by atoms with Crippen molar-refractivity contribution in [2.45, 2.75) is 11.4 Å². The molecule has 2 aromatic rings. The summed E-state index contributed by atoms with van der Waals surface area (Å²) in [5, 5.41) is 0.526. The molecule has 0 fully saturated rings. The van der Waals surface area contributed by atoms with E-state index in [9.17, 15) is 18.0 Å². The number of methoxy groups -OCH3 is 1. The van der Waals surface area contributed by atoms with Crippen molar-refractivity contribution in [2.24, 2.45) is 0 Å². The number of carbonyl (C=O) groups excluding carboxylic acids is 2. The van der Waals surface area contributed by atoms with Crippen LogP contribution in [-0.4, -0.2) is 52.0 Å². The standard InChI is InChI=1S/C19H19ClN2O6S/c1-27-19(24)13-2-5-16(6-3-13)29(25,26)21-8-9-22-11-14-10-15(20)4-7-17(14)28-12-18(22)23/h2-7,10,21H,8-9,11-12H2,1H3. The van der Waals surface area contributed by atoms with Gasteiger partial charge in [0.1, 0.15) is 5.75 Å². The fourth-order valence-corrected chi connectivity index (χ4v) is 4.04. The van der Waals surface area contributed by atoms with E-state index in [-0.39, 0.29) is 42.6 Å². The minimum Gasteiger partial charge on any atom is -0.483 e. The summed E-state index contributed by atoms with van der Waals surface area (Å²) in [6.45, 7) is 0.316. The molecule has 29 heavy (non-hydrogen) atoms. The Labute approximate surface area is 173 Å². The number of fused-ring (bicyclic) bond motifs is 1. The van der Waals surface area contributed by atoms with Crippen LogP contribution < -0.4 is 9.46 Å². The van der Waals surface area contributed by atoms with Gasteiger partial charge in [0.15, 0.2) is 6.61 Å². The van der Waals surface area contributed by atoms with E-state index >= 15 is 0 Å². The zero-order valence-electron chi connectivity index (χ0n) is 15.6. The highest BCUT2D eigenvalue weighted by atomic mass is 35.5. The van der Waals surface area contributed by atoms with Crippen molar-refractivity contribution in [3.8, 4) is 5.75 Å². The van der Waals surface area contributed by atoms with E-state index in [0.717, 1.165) is 5.56 Å². The number of rotatable bonds is 6. The van der Waals surface area contributed by atoms with Gasteiger partial charge >= 0.3 is 5.97 Å². The molecule has 0 radical (unpaired) electrons. The number of hydrogen-bond acceptors (Lipinski definition) is 6. The first-order chi connectivity index (χ1) is 13.8. The number of nitrogens with zero attached hydrogens (tertiary/aromatic N) is 1. The summed E-state index contributed by atoms with van der Waals surface area (Å²) >= 11 is 6.01. The zero-order chi connectivity index (χ0) is 21.0. The Balaban J connectivity index is 1.63. The van der Waals surface area contributed by atoms with Gasteiger partial charge in [0, 0.05) is 30.2 Å². The number of hydrogen-bond donors (Lipinski definition) is 1. The van der Waals surface area contributed by atoms with Crippen LogP contribution in [0.4, 0.5) is 0 Å². The van der Waals surface area contributed by atoms with Gasteiger partial charge in [-0.15, -0.1) is 0 Å². The van der Waals surface area contributed by atoms with E-state index in [1.165, 1.54) is 36.3 Å². The molecule has 1 N–H and O–H groups in total. The predicted molar refractivity (Wildman–Crippen MR) is 105 cm³/mol. The molecule has 0 bridgehead atoms. The van der Waals surface area contributed by atoms with Crippen molar-refractivity contribution in [1.29, 1.82) is 0 Å². The molecule has 1 aliphatic heterocycles. The van der Waals surface area contributed by atoms with Crippen molar-refractivity contribution in [2.75, 3.05) is 26.8 Å². The van der Waals surface area contributed by atoms with Crippen molar-refractivity contribution >= 4 is 33.5 Å². The Morgan fingerprint density at radius 2 is 1.97 bits per heavy atom. The van der Waals surface area contributed by atoms with E-state index in [4.69, 9.17) is 16.3 Å². The number of ether oxygens (including phenoxy) is 2. The molecule has 0 unspecified atom stereocenters. The van der Waals surface area contributed by atoms with Crippen LogP contribution in [0.15, 0.2) is 47.4 Å². The molecule has 3 rings (SSSR count). The second kappa shape index (κ2) is 8.81. The van der Waals surface area contributed by atoms with E-state index in [1.807, 2.05) is 0 Å². The van der Waals surface area contributed by atoms with Crippen LogP contribution in [0.1, 0.15) is 15.9 Å².